The average molecular weight is 305 g/mol. The zero-order valence-corrected chi connectivity index (χ0v) is 12.0. The Kier molecular flexibility index (Phi) is 4.53. The molecular formula is C13H18F3N3O2. The number of carbonyl (C=O) groups excluding carboxylic acids is 1. The molecule has 1 aliphatic carbocycles. The summed E-state index contributed by atoms with van der Waals surface area (Å²) in [5.74, 6) is -1.96. The highest BCUT2D eigenvalue weighted by atomic mass is 19.4. The van der Waals surface area contributed by atoms with Crippen molar-refractivity contribution in [3.63, 3.8) is 0 Å². The number of halogens is 3. The van der Waals surface area contributed by atoms with Crippen LogP contribution in [-0.4, -0.2) is 33.5 Å². The molecular weight excluding hydrogens is 287 g/mol. The van der Waals surface area contributed by atoms with Crippen LogP contribution in [0.4, 0.5) is 13.2 Å². The van der Waals surface area contributed by atoms with Crippen LogP contribution < -0.4 is 0 Å². The normalized spacial score (nSPS) is 23.1. The van der Waals surface area contributed by atoms with Gasteiger partial charge in [-0.05, 0) is 26.2 Å². The van der Waals surface area contributed by atoms with Gasteiger partial charge in [-0.1, -0.05) is 6.42 Å². The molecule has 1 fully saturated rings. The van der Waals surface area contributed by atoms with E-state index in [0.717, 1.165) is 0 Å². The Bertz CT molecular complexity index is 513. The molecule has 1 aromatic rings. The number of esters is 1. The van der Waals surface area contributed by atoms with Gasteiger partial charge in [0, 0.05) is 13.0 Å². The number of aromatic nitrogens is 3. The van der Waals surface area contributed by atoms with Crippen molar-refractivity contribution < 1.29 is 22.7 Å². The molecule has 0 radical (unpaired) electrons. The summed E-state index contributed by atoms with van der Waals surface area (Å²) in [6, 6.07) is 0. The predicted octanol–water partition coefficient (Wildman–Crippen LogP) is 2.83. The number of alkyl halides is 3. The molecule has 1 aliphatic rings. The van der Waals surface area contributed by atoms with Gasteiger partial charge in [-0.2, -0.15) is 13.2 Å². The van der Waals surface area contributed by atoms with Gasteiger partial charge in [-0.3, -0.25) is 4.68 Å². The summed E-state index contributed by atoms with van der Waals surface area (Å²) in [5, 5.41) is 3.94. The summed E-state index contributed by atoms with van der Waals surface area (Å²) in [6.07, 6.45) is -2.90. The minimum Gasteiger partial charge on any atom is -0.460 e. The van der Waals surface area contributed by atoms with E-state index in [-0.39, 0.29) is 31.2 Å². The lowest BCUT2D eigenvalue weighted by Gasteiger charge is -2.29. The first-order valence-corrected chi connectivity index (χ1v) is 6.97. The van der Waals surface area contributed by atoms with E-state index in [0.29, 0.717) is 18.7 Å². The summed E-state index contributed by atoms with van der Waals surface area (Å²) >= 11 is 0. The SMILES string of the molecule is CCOC(=O)c1nc(C2CCCC(C(F)(F)F)C2)n(C)n1. The highest BCUT2D eigenvalue weighted by molar-refractivity contribution is 5.85. The van der Waals surface area contributed by atoms with Crippen molar-refractivity contribution in [1.29, 1.82) is 0 Å². The number of carbonyl (C=O) groups is 1. The van der Waals surface area contributed by atoms with Crippen LogP contribution in [0, 0.1) is 5.92 Å². The van der Waals surface area contributed by atoms with Crippen molar-refractivity contribution in [2.24, 2.45) is 13.0 Å². The fraction of sp³-hybridized carbons (Fsp3) is 0.769. The molecule has 0 aliphatic heterocycles. The Morgan fingerprint density at radius 3 is 2.76 bits per heavy atom. The standard InChI is InChI=1S/C13H18F3N3O2/c1-3-21-12(20)10-17-11(19(2)18-10)8-5-4-6-9(7-8)13(14,15)16/h8-9H,3-7H2,1-2H3. The van der Waals surface area contributed by atoms with Crippen molar-refractivity contribution in [3.8, 4) is 0 Å². The van der Waals surface area contributed by atoms with E-state index < -0.39 is 18.1 Å². The summed E-state index contributed by atoms with van der Waals surface area (Å²) < 4.78 is 44.7. The number of ether oxygens (including phenoxy) is 1. The van der Waals surface area contributed by atoms with Crippen molar-refractivity contribution in [2.75, 3.05) is 6.61 Å². The van der Waals surface area contributed by atoms with Gasteiger partial charge in [-0.15, -0.1) is 5.10 Å². The van der Waals surface area contributed by atoms with Crippen molar-refractivity contribution >= 4 is 5.97 Å². The molecule has 1 saturated carbocycles. The van der Waals surface area contributed by atoms with Crippen molar-refractivity contribution in [2.45, 2.75) is 44.7 Å². The monoisotopic (exact) mass is 305 g/mol. The average Bonchev–Trinajstić information content (AvgIpc) is 2.80. The molecule has 0 saturated heterocycles. The lowest BCUT2D eigenvalue weighted by atomic mass is 9.80. The minimum absolute atomic E-state index is 0.00169. The molecule has 0 aromatic carbocycles. The molecule has 0 bridgehead atoms. The maximum absolute atomic E-state index is 12.8. The largest absolute Gasteiger partial charge is 0.460 e. The van der Waals surface area contributed by atoms with Gasteiger partial charge in [0.1, 0.15) is 5.82 Å². The fourth-order valence-corrected chi connectivity index (χ4v) is 2.76. The fourth-order valence-electron chi connectivity index (χ4n) is 2.76. The summed E-state index contributed by atoms with van der Waals surface area (Å²) in [5.41, 5.74) is 0. The number of hydrogen-bond donors (Lipinski definition) is 0. The zero-order chi connectivity index (χ0) is 15.6. The highest BCUT2D eigenvalue weighted by Gasteiger charge is 2.43. The first-order valence-electron chi connectivity index (χ1n) is 6.97. The molecule has 0 amide bonds. The van der Waals surface area contributed by atoms with E-state index in [9.17, 15) is 18.0 Å². The summed E-state index contributed by atoms with van der Waals surface area (Å²) in [7, 11) is 1.59. The predicted molar refractivity (Wildman–Crippen MR) is 67.7 cm³/mol. The van der Waals surface area contributed by atoms with Crippen LogP contribution in [0.15, 0.2) is 0 Å². The third-order valence-electron chi connectivity index (χ3n) is 3.76. The molecule has 8 heteroatoms. The van der Waals surface area contributed by atoms with Gasteiger partial charge >= 0.3 is 12.1 Å². The lowest BCUT2D eigenvalue weighted by molar-refractivity contribution is -0.183. The minimum atomic E-state index is -4.18. The third kappa shape index (κ3) is 3.54. The van der Waals surface area contributed by atoms with E-state index in [1.807, 2.05) is 0 Å². The molecule has 21 heavy (non-hydrogen) atoms. The molecule has 118 valence electrons. The van der Waals surface area contributed by atoms with Crippen LogP contribution >= 0.6 is 0 Å². The zero-order valence-electron chi connectivity index (χ0n) is 12.0. The Morgan fingerprint density at radius 1 is 1.43 bits per heavy atom. The van der Waals surface area contributed by atoms with Crippen LogP contribution in [0.25, 0.3) is 0 Å². The van der Waals surface area contributed by atoms with Crippen molar-refractivity contribution in [1.82, 2.24) is 14.8 Å². The maximum Gasteiger partial charge on any atom is 0.391 e. The molecule has 2 rings (SSSR count). The first-order chi connectivity index (χ1) is 9.82. The Labute approximate surface area is 120 Å². The van der Waals surface area contributed by atoms with E-state index >= 15 is 0 Å². The van der Waals surface area contributed by atoms with Gasteiger partial charge < -0.3 is 4.74 Å². The Hall–Kier alpha value is -1.60. The number of aryl methyl sites for hydroxylation is 1. The van der Waals surface area contributed by atoms with Gasteiger partial charge in [0.05, 0.1) is 12.5 Å². The summed E-state index contributed by atoms with van der Waals surface area (Å²) in [6.45, 7) is 1.86. The molecule has 2 unspecified atom stereocenters. The lowest BCUT2D eigenvalue weighted by Crippen LogP contribution is -2.29. The van der Waals surface area contributed by atoms with Gasteiger partial charge in [0.2, 0.25) is 0 Å². The molecule has 0 spiro atoms. The molecule has 0 N–H and O–H groups in total. The quantitative estimate of drug-likeness (QED) is 0.806. The second-order valence-corrected chi connectivity index (χ2v) is 5.24. The first kappa shape index (κ1) is 15.8. The smallest absolute Gasteiger partial charge is 0.391 e. The van der Waals surface area contributed by atoms with Gasteiger partial charge in [0.25, 0.3) is 5.82 Å². The van der Waals surface area contributed by atoms with Gasteiger partial charge in [-0.25, -0.2) is 9.78 Å². The van der Waals surface area contributed by atoms with Crippen LogP contribution in [0.3, 0.4) is 0 Å². The van der Waals surface area contributed by atoms with Crippen molar-refractivity contribution in [3.05, 3.63) is 11.6 Å². The van der Waals surface area contributed by atoms with Crippen LogP contribution in [0.5, 0.6) is 0 Å². The van der Waals surface area contributed by atoms with E-state index in [2.05, 4.69) is 10.1 Å². The molecule has 1 aromatic heterocycles. The molecule has 2 atom stereocenters. The molecule has 5 nitrogen and oxygen atoms in total. The molecule has 1 heterocycles. The summed E-state index contributed by atoms with van der Waals surface area (Å²) in [4.78, 5) is 15.7. The van der Waals surface area contributed by atoms with E-state index in [1.54, 1.807) is 14.0 Å². The number of nitrogens with zero attached hydrogens (tertiary/aromatic N) is 3. The number of hydrogen-bond acceptors (Lipinski definition) is 4. The van der Waals surface area contributed by atoms with Gasteiger partial charge in [0.15, 0.2) is 0 Å². The maximum atomic E-state index is 12.8. The Morgan fingerprint density at radius 2 is 2.14 bits per heavy atom. The highest BCUT2D eigenvalue weighted by Crippen LogP contribution is 2.43. The Balaban J connectivity index is 2.16. The van der Waals surface area contributed by atoms with E-state index in [1.165, 1.54) is 4.68 Å². The van der Waals surface area contributed by atoms with E-state index in [4.69, 9.17) is 4.74 Å². The van der Waals surface area contributed by atoms with Crippen LogP contribution in [-0.2, 0) is 11.8 Å². The second kappa shape index (κ2) is 6.03. The topological polar surface area (TPSA) is 57.0 Å². The third-order valence-corrected chi connectivity index (χ3v) is 3.76. The second-order valence-electron chi connectivity index (χ2n) is 5.24. The number of rotatable bonds is 3. The van der Waals surface area contributed by atoms with Crippen LogP contribution in [0.2, 0.25) is 0 Å². The van der Waals surface area contributed by atoms with Crippen LogP contribution in [0.1, 0.15) is 55.0 Å².